The molecule has 0 aliphatic carbocycles. The highest BCUT2D eigenvalue weighted by atomic mass is 32.1. The zero-order valence-corrected chi connectivity index (χ0v) is 37.8. The van der Waals surface area contributed by atoms with Crippen molar-refractivity contribution in [3.05, 3.63) is 0 Å². The van der Waals surface area contributed by atoms with E-state index in [0.717, 1.165) is 0 Å². The number of carbonyl (C=O) groups is 13. The van der Waals surface area contributed by atoms with Crippen LogP contribution in [0.1, 0.15) is 51.4 Å². The molecular weight excluding hydrogens is 951 g/mol. The van der Waals surface area contributed by atoms with Crippen LogP contribution in [0, 0.1) is 0 Å². The highest BCUT2D eigenvalue weighted by Gasteiger charge is 2.31. The van der Waals surface area contributed by atoms with E-state index in [-0.39, 0.29) is 30.1 Å². The third-order valence-electron chi connectivity index (χ3n) is 8.57. The first-order valence-electron chi connectivity index (χ1n) is 19.1. The molecule has 8 amide bonds. The lowest BCUT2D eigenvalue weighted by Crippen LogP contribution is -2.54. The summed E-state index contributed by atoms with van der Waals surface area (Å²) in [5.41, 5.74) is 5.35. The van der Waals surface area contributed by atoms with Crippen LogP contribution < -0.4 is 48.3 Å². The number of amides is 8. The lowest BCUT2D eigenvalue weighted by Gasteiger charge is -2.22. The number of hydrogen-bond acceptors (Lipinski definition) is 18. The van der Waals surface area contributed by atoms with Crippen LogP contribution in [0.25, 0.3) is 0 Å². The lowest BCUT2D eigenvalue weighted by molar-refractivity contribution is -0.143. The number of nitrogens with one attached hydrogen (secondary N) is 8. The van der Waals surface area contributed by atoms with Gasteiger partial charge >= 0.3 is 29.8 Å². The zero-order chi connectivity index (χ0) is 50.0. The Morgan fingerprint density at radius 3 is 0.862 bits per heavy atom. The van der Waals surface area contributed by atoms with E-state index in [2.05, 4.69) is 87.7 Å². The fourth-order valence-electron chi connectivity index (χ4n) is 4.95. The summed E-state index contributed by atoms with van der Waals surface area (Å²) in [6, 6.07) is -12.0. The normalized spacial score (nSPS) is 14.4. The molecule has 0 saturated heterocycles. The van der Waals surface area contributed by atoms with Crippen molar-refractivity contribution < 1.29 is 87.9 Å². The second-order valence-electron chi connectivity index (χ2n) is 13.6. The van der Waals surface area contributed by atoms with Crippen LogP contribution >= 0.6 is 50.5 Å². The average molecular weight is 1000 g/mol. The Kier molecular flexibility index (Phi) is 28.7. The third-order valence-corrected chi connectivity index (χ3v) is 10.0. The Morgan fingerprint density at radius 2 is 0.631 bits per heavy atom. The first-order chi connectivity index (χ1) is 30.4. The van der Waals surface area contributed by atoms with Crippen LogP contribution in [-0.2, 0) is 62.3 Å². The van der Waals surface area contributed by atoms with Crippen molar-refractivity contribution in [2.45, 2.75) is 99.7 Å². The molecule has 0 rings (SSSR count). The zero-order valence-electron chi connectivity index (χ0n) is 34.2. The van der Waals surface area contributed by atoms with Crippen LogP contribution in [0.2, 0.25) is 0 Å². The fraction of sp³-hybridized carbons (Fsp3) is 0.618. The molecule has 0 aromatic rings. The van der Waals surface area contributed by atoms with E-state index in [0.29, 0.717) is 0 Å². The van der Waals surface area contributed by atoms with Gasteiger partial charge in [-0.15, -0.1) is 0 Å². The Labute approximate surface area is 391 Å². The van der Waals surface area contributed by atoms with Gasteiger partial charge in [-0.2, -0.15) is 50.5 Å². The fourth-order valence-corrected chi connectivity index (χ4v) is 5.98. The van der Waals surface area contributed by atoms with Crippen molar-refractivity contribution in [1.82, 2.24) is 42.5 Å². The number of aliphatic carboxylic acids is 5. The van der Waals surface area contributed by atoms with E-state index >= 15 is 0 Å². The predicted molar refractivity (Wildman–Crippen MR) is 235 cm³/mol. The SMILES string of the molecule is NC(CCC(=O)NC(CS)C(=O)NC(CCC(=O)NC(CS)C(=O)NC(CCC(=O)NC(CS)C(=O)NC(CCC(=O)NC(CS)C(=O)NCC(=O)O)C(=O)O)C(=O)O)C(=O)O)C(=O)O. The van der Waals surface area contributed by atoms with Crippen molar-refractivity contribution >= 4 is 128 Å². The van der Waals surface area contributed by atoms with Crippen molar-refractivity contribution in [2.24, 2.45) is 5.73 Å². The van der Waals surface area contributed by atoms with Gasteiger partial charge in [0.1, 0.15) is 54.9 Å². The molecule has 366 valence electrons. The average Bonchev–Trinajstić information content (AvgIpc) is 3.24. The summed E-state index contributed by atoms with van der Waals surface area (Å²) in [5.74, 6) is -16.2. The number of carboxylic acid groups (broad SMARTS) is 5. The molecule has 27 nitrogen and oxygen atoms in total. The molecule has 0 aromatic heterocycles. The molecule has 8 atom stereocenters. The molecule has 0 aliphatic heterocycles. The van der Waals surface area contributed by atoms with Crippen LogP contribution in [0.5, 0.6) is 0 Å². The minimum atomic E-state index is -1.75. The number of carbonyl (C=O) groups excluding carboxylic acids is 8. The first kappa shape index (κ1) is 59.5. The molecular formula is C34H53N9O18S4. The summed E-state index contributed by atoms with van der Waals surface area (Å²) in [7, 11) is 0. The van der Waals surface area contributed by atoms with Gasteiger partial charge in [-0.1, -0.05) is 0 Å². The Hall–Kier alpha value is -5.53. The van der Waals surface area contributed by atoms with Crippen molar-refractivity contribution in [3.8, 4) is 0 Å². The molecule has 0 radical (unpaired) electrons. The number of thiol groups is 4. The summed E-state index contributed by atoms with van der Waals surface area (Å²) >= 11 is 15.8. The highest BCUT2D eigenvalue weighted by Crippen LogP contribution is 2.06. The molecule has 0 heterocycles. The van der Waals surface area contributed by atoms with Crippen molar-refractivity contribution in [2.75, 3.05) is 29.6 Å². The van der Waals surface area contributed by atoms with E-state index in [1.807, 2.05) is 5.32 Å². The minimum absolute atomic E-state index is 0.235. The van der Waals surface area contributed by atoms with Crippen LogP contribution in [-0.4, -0.2) is 181 Å². The molecule has 0 aliphatic rings. The number of carboxylic acids is 5. The lowest BCUT2D eigenvalue weighted by atomic mass is 10.1. The molecule has 65 heavy (non-hydrogen) atoms. The van der Waals surface area contributed by atoms with Crippen molar-refractivity contribution in [3.63, 3.8) is 0 Å². The van der Waals surface area contributed by atoms with E-state index in [1.54, 1.807) is 0 Å². The summed E-state index contributed by atoms with van der Waals surface area (Å²) in [4.78, 5) is 158. The van der Waals surface area contributed by atoms with Gasteiger partial charge in [0.05, 0.1) is 0 Å². The standard InChI is InChI=1S/C34H53N9O18S4/c35-14(31(54)55)1-5-22(44)38-19(11-63)28(51)41-16(33(58)59)3-7-24(46)40-21(13-65)30(53)43-17(34(60)61)4-8-25(47)39-20(12-64)29(52)42-15(32(56)57)2-6-23(45)37-18(10-62)27(50)36-9-26(48)49/h14-21,62-65H,1-13,35H2,(H,36,50)(H,37,45)(H,38,44)(H,39,47)(H,40,46)(H,41,51)(H,42,52)(H,43,53)(H,48,49)(H,54,55)(H,56,57)(H,58,59)(H,60,61). The summed E-state index contributed by atoms with van der Waals surface area (Å²) < 4.78 is 0. The monoisotopic (exact) mass is 1000 g/mol. The van der Waals surface area contributed by atoms with Gasteiger partial charge in [0.15, 0.2) is 0 Å². The third kappa shape index (κ3) is 24.4. The van der Waals surface area contributed by atoms with Gasteiger partial charge in [0, 0.05) is 48.7 Å². The maximum absolute atomic E-state index is 12.9. The quantitative estimate of drug-likeness (QED) is 0.0272. The summed E-state index contributed by atoms with van der Waals surface area (Å²) in [6.07, 6.45) is -3.98. The van der Waals surface area contributed by atoms with Crippen molar-refractivity contribution in [1.29, 1.82) is 0 Å². The maximum atomic E-state index is 12.9. The van der Waals surface area contributed by atoms with E-state index in [9.17, 15) is 77.6 Å². The first-order valence-corrected chi connectivity index (χ1v) is 21.6. The molecule has 31 heteroatoms. The molecule has 0 fully saturated rings. The largest absolute Gasteiger partial charge is 0.480 e. The smallest absolute Gasteiger partial charge is 0.326 e. The number of nitrogens with two attached hydrogens (primary N) is 1. The molecule has 0 spiro atoms. The van der Waals surface area contributed by atoms with Crippen LogP contribution in [0.15, 0.2) is 0 Å². The molecule has 0 saturated carbocycles. The van der Waals surface area contributed by atoms with Gasteiger partial charge in [0.2, 0.25) is 47.3 Å². The maximum Gasteiger partial charge on any atom is 0.326 e. The number of hydrogen-bond donors (Lipinski definition) is 18. The second kappa shape index (κ2) is 31.4. The Morgan fingerprint density at radius 1 is 0.369 bits per heavy atom. The minimum Gasteiger partial charge on any atom is -0.480 e. The molecule has 15 N–H and O–H groups in total. The highest BCUT2D eigenvalue weighted by molar-refractivity contribution is 7.80. The van der Waals surface area contributed by atoms with Gasteiger partial charge in [0.25, 0.3) is 0 Å². The second-order valence-corrected chi connectivity index (χ2v) is 15.1. The topological polar surface area (TPSA) is 445 Å². The van der Waals surface area contributed by atoms with E-state index in [4.69, 9.17) is 15.9 Å². The van der Waals surface area contributed by atoms with E-state index < -0.39 is 176 Å². The Bertz CT molecular complexity index is 1760. The predicted octanol–water partition coefficient (Wildman–Crippen LogP) is -5.91. The Balaban J connectivity index is 5.28. The van der Waals surface area contributed by atoms with Crippen LogP contribution in [0.4, 0.5) is 0 Å². The summed E-state index contributed by atoms with van der Waals surface area (Å²) in [5, 5.41) is 63.9. The molecule has 0 aromatic carbocycles. The van der Waals surface area contributed by atoms with Gasteiger partial charge in [-0.25, -0.2) is 14.4 Å². The summed E-state index contributed by atoms with van der Waals surface area (Å²) in [6.45, 7) is -0.733. The molecule has 8 unspecified atom stereocenters. The number of rotatable bonds is 33. The van der Waals surface area contributed by atoms with Gasteiger partial charge < -0.3 is 73.8 Å². The van der Waals surface area contributed by atoms with E-state index in [1.165, 1.54) is 0 Å². The van der Waals surface area contributed by atoms with Gasteiger partial charge in [-0.05, 0) is 25.7 Å². The molecule has 0 bridgehead atoms. The van der Waals surface area contributed by atoms with Gasteiger partial charge in [-0.3, -0.25) is 47.9 Å². The van der Waals surface area contributed by atoms with Crippen LogP contribution in [0.3, 0.4) is 0 Å².